The molecular formula is C9H8F3N3O3. The number of aromatic nitrogens is 2. The molecule has 0 unspecified atom stereocenters. The van der Waals surface area contributed by atoms with Crippen molar-refractivity contribution in [3.05, 3.63) is 17.0 Å². The summed E-state index contributed by atoms with van der Waals surface area (Å²) in [5.41, 5.74) is 0.151. The summed E-state index contributed by atoms with van der Waals surface area (Å²) in [7, 11) is 1.39. The van der Waals surface area contributed by atoms with E-state index in [4.69, 9.17) is 5.11 Å². The van der Waals surface area contributed by atoms with Gasteiger partial charge >= 0.3 is 18.1 Å². The quantitative estimate of drug-likeness (QED) is 0.801. The fraction of sp³-hybridized carbons (Fsp3) is 0.444. The van der Waals surface area contributed by atoms with Crippen LogP contribution in [0.3, 0.4) is 0 Å². The Labute approximate surface area is 98.6 Å². The minimum absolute atomic E-state index is 0.155. The SMILES string of the molecule is Cn1nc2c(c1C(=O)O)CN(C(=O)C(F)(F)F)C2. The number of alkyl halides is 3. The van der Waals surface area contributed by atoms with Gasteiger partial charge in [0.1, 0.15) is 0 Å². The minimum Gasteiger partial charge on any atom is -0.477 e. The predicted octanol–water partition coefficient (Wildman–Crippen LogP) is 0.523. The summed E-state index contributed by atoms with van der Waals surface area (Å²) in [6.45, 7) is -0.710. The van der Waals surface area contributed by atoms with Gasteiger partial charge in [-0.05, 0) is 0 Å². The van der Waals surface area contributed by atoms with Gasteiger partial charge in [0.2, 0.25) is 0 Å². The highest BCUT2D eigenvalue weighted by molar-refractivity contribution is 5.89. The normalized spacial score (nSPS) is 14.8. The third-order valence-corrected chi connectivity index (χ3v) is 2.65. The maximum Gasteiger partial charge on any atom is 0.471 e. The van der Waals surface area contributed by atoms with Crippen molar-refractivity contribution in [2.75, 3.05) is 0 Å². The molecule has 0 spiro atoms. The first kappa shape index (κ1) is 12.4. The van der Waals surface area contributed by atoms with Gasteiger partial charge in [-0.2, -0.15) is 18.3 Å². The molecule has 0 saturated carbocycles. The van der Waals surface area contributed by atoms with Crippen LogP contribution in [0.5, 0.6) is 0 Å². The van der Waals surface area contributed by atoms with E-state index in [-0.39, 0.29) is 30.0 Å². The molecule has 1 aliphatic rings. The van der Waals surface area contributed by atoms with Crippen LogP contribution in [0.2, 0.25) is 0 Å². The van der Waals surface area contributed by atoms with Gasteiger partial charge in [0.05, 0.1) is 18.8 Å². The molecule has 1 amide bonds. The zero-order chi connectivity index (χ0) is 13.7. The van der Waals surface area contributed by atoms with Gasteiger partial charge in [-0.3, -0.25) is 9.48 Å². The Kier molecular flexibility index (Phi) is 2.56. The van der Waals surface area contributed by atoms with E-state index in [1.54, 1.807) is 0 Å². The van der Waals surface area contributed by atoms with Crippen molar-refractivity contribution in [1.82, 2.24) is 14.7 Å². The van der Waals surface area contributed by atoms with Crippen LogP contribution in [-0.4, -0.2) is 37.8 Å². The number of hydrogen-bond donors (Lipinski definition) is 1. The van der Waals surface area contributed by atoms with E-state index >= 15 is 0 Å². The van der Waals surface area contributed by atoms with Crippen molar-refractivity contribution in [2.45, 2.75) is 19.3 Å². The number of carboxylic acid groups (broad SMARTS) is 1. The first-order valence-corrected chi connectivity index (χ1v) is 4.86. The highest BCUT2D eigenvalue weighted by atomic mass is 19.4. The summed E-state index contributed by atoms with van der Waals surface area (Å²) >= 11 is 0. The van der Waals surface area contributed by atoms with Gasteiger partial charge in [-0.1, -0.05) is 0 Å². The van der Waals surface area contributed by atoms with E-state index in [0.29, 0.717) is 4.90 Å². The van der Waals surface area contributed by atoms with Crippen LogP contribution in [0, 0.1) is 0 Å². The molecule has 2 rings (SSSR count). The molecule has 1 aromatic rings. The van der Waals surface area contributed by atoms with Gasteiger partial charge in [-0.25, -0.2) is 4.79 Å². The highest BCUT2D eigenvalue weighted by Gasteiger charge is 2.45. The molecule has 18 heavy (non-hydrogen) atoms. The van der Waals surface area contributed by atoms with Gasteiger partial charge in [0, 0.05) is 12.6 Å². The van der Waals surface area contributed by atoms with Gasteiger partial charge in [0.25, 0.3) is 0 Å². The topological polar surface area (TPSA) is 75.4 Å². The third-order valence-electron chi connectivity index (χ3n) is 2.65. The summed E-state index contributed by atoms with van der Waals surface area (Å²) in [4.78, 5) is 22.5. The molecule has 9 heteroatoms. The second-order valence-electron chi connectivity index (χ2n) is 3.86. The maximum absolute atomic E-state index is 12.2. The lowest BCUT2D eigenvalue weighted by atomic mass is 10.2. The van der Waals surface area contributed by atoms with E-state index < -0.39 is 18.1 Å². The molecule has 0 aliphatic carbocycles. The number of halogens is 3. The van der Waals surface area contributed by atoms with E-state index in [1.807, 2.05) is 0 Å². The molecule has 0 atom stereocenters. The van der Waals surface area contributed by atoms with Crippen LogP contribution in [0.4, 0.5) is 13.2 Å². The number of fused-ring (bicyclic) bond motifs is 1. The van der Waals surface area contributed by atoms with E-state index in [9.17, 15) is 22.8 Å². The number of hydrogen-bond acceptors (Lipinski definition) is 3. The van der Waals surface area contributed by atoms with Gasteiger partial charge in [0.15, 0.2) is 5.69 Å². The molecule has 0 saturated heterocycles. The van der Waals surface area contributed by atoms with E-state index in [1.165, 1.54) is 7.05 Å². The predicted molar refractivity (Wildman–Crippen MR) is 50.5 cm³/mol. The molecule has 1 N–H and O–H groups in total. The maximum atomic E-state index is 12.2. The summed E-state index contributed by atoms with van der Waals surface area (Å²) < 4.78 is 37.8. The smallest absolute Gasteiger partial charge is 0.471 e. The standard InChI is InChI=1S/C9H8F3N3O3/c1-14-6(7(16)17)4-2-15(3-5(4)13-14)8(18)9(10,11)12/h2-3H2,1H3,(H,16,17). The molecule has 98 valence electrons. The number of amides is 1. The highest BCUT2D eigenvalue weighted by Crippen LogP contribution is 2.29. The molecule has 6 nitrogen and oxygen atoms in total. The third kappa shape index (κ3) is 1.81. The Bertz CT molecular complexity index is 535. The Hall–Kier alpha value is -2.06. The lowest BCUT2D eigenvalue weighted by molar-refractivity contribution is -0.186. The minimum atomic E-state index is -4.96. The van der Waals surface area contributed by atoms with Crippen LogP contribution in [0.1, 0.15) is 21.7 Å². The first-order chi connectivity index (χ1) is 8.21. The summed E-state index contributed by atoms with van der Waals surface area (Å²) in [6, 6.07) is 0. The Morgan fingerprint density at radius 2 is 1.94 bits per heavy atom. The number of carbonyl (C=O) groups excluding carboxylic acids is 1. The van der Waals surface area contributed by atoms with Gasteiger partial charge in [-0.15, -0.1) is 0 Å². The van der Waals surface area contributed by atoms with Crippen LogP contribution >= 0.6 is 0 Å². The molecule has 1 aliphatic heterocycles. The summed E-state index contributed by atoms with van der Waals surface area (Å²) in [5, 5.41) is 12.7. The second kappa shape index (κ2) is 3.72. The van der Waals surface area contributed by atoms with Crippen LogP contribution in [-0.2, 0) is 24.9 Å². The lowest BCUT2D eigenvalue weighted by Crippen LogP contribution is -2.38. The number of aromatic carboxylic acids is 1. The second-order valence-corrected chi connectivity index (χ2v) is 3.86. The number of aryl methyl sites for hydroxylation is 1. The summed E-state index contributed by atoms with van der Waals surface area (Å²) in [5.74, 6) is -3.27. The average Bonchev–Trinajstić information content (AvgIpc) is 2.70. The van der Waals surface area contributed by atoms with Crippen LogP contribution < -0.4 is 0 Å². The molecule has 1 aromatic heterocycles. The van der Waals surface area contributed by atoms with Crippen molar-refractivity contribution >= 4 is 11.9 Å². The zero-order valence-electron chi connectivity index (χ0n) is 9.15. The fourth-order valence-electron chi connectivity index (χ4n) is 1.93. The lowest BCUT2D eigenvalue weighted by Gasteiger charge is -2.17. The molecular weight excluding hydrogens is 255 g/mol. The van der Waals surface area contributed by atoms with E-state index in [2.05, 4.69) is 5.10 Å². The van der Waals surface area contributed by atoms with Crippen molar-refractivity contribution in [3.63, 3.8) is 0 Å². The monoisotopic (exact) mass is 263 g/mol. The number of nitrogens with zero attached hydrogens (tertiary/aromatic N) is 3. The van der Waals surface area contributed by atoms with Crippen molar-refractivity contribution in [2.24, 2.45) is 7.05 Å². The zero-order valence-corrected chi connectivity index (χ0v) is 9.15. The van der Waals surface area contributed by atoms with Crippen LogP contribution in [0.25, 0.3) is 0 Å². The Morgan fingerprint density at radius 3 is 2.44 bits per heavy atom. The average molecular weight is 263 g/mol. The Morgan fingerprint density at radius 1 is 1.33 bits per heavy atom. The largest absolute Gasteiger partial charge is 0.477 e. The first-order valence-electron chi connectivity index (χ1n) is 4.86. The molecule has 0 aromatic carbocycles. The molecule has 0 fully saturated rings. The number of carbonyl (C=O) groups is 2. The Balaban J connectivity index is 2.30. The summed E-state index contributed by atoms with van der Waals surface area (Å²) in [6.07, 6.45) is -4.96. The molecule has 0 bridgehead atoms. The number of rotatable bonds is 1. The fourth-order valence-corrected chi connectivity index (χ4v) is 1.93. The molecule has 0 radical (unpaired) electrons. The van der Waals surface area contributed by atoms with Crippen LogP contribution in [0.15, 0.2) is 0 Å². The molecule has 2 heterocycles. The van der Waals surface area contributed by atoms with Crippen molar-refractivity contribution < 1.29 is 27.9 Å². The number of carboxylic acids is 1. The van der Waals surface area contributed by atoms with Crippen molar-refractivity contribution in [1.29, 1.82) is 0 Å². The van der Waals surface area contributed by atoms with Gasteiger partial charge < -0.3 is 10.0 Å². The van der Waals surface area contributed by atoms with Crippen molar-refractivity contribution in [3.8, 4) is 0 Å². The van der Waals surface area contributed by atoms with E-state index in [0.717, 1.165) is 4.68 Å².